The van der Waals surface area contributed by atoms with E-state index in [1.54, 1.807) is 18.3 Å². The Balaban J connectivity index is 1.50. The first-order valence-corrected chi connectivity index (χ1v) is 13.0. The molecule has 36 heavy (non-hydrogen) atoms. The average Bonchev–Trinajstić information content (AvgIpc) is 3.53. The summed E-state index contributed by atoms with van der Waals surface area (Å²) in [5, 5.41) is 19.6. The van der Waals surface area contributed by atoms with Crippen LogP contribution in [0, 0.1) is 26.7 Å². The molecule has 0 aliphatic carbocycles. The highest BCUT2D eigenvalue weighted by atomic mass is 32.1. The van der Waals surface area contributed by atoms with Crippen LogP contribution in [0.25, 0.3) is 5.00 Å². The van der Waals surface area contributed by atoms with E-state index in [4.69, 9.17) is 4.99 Å². The fraction of sp³-hybridized carbons (Fsp3) is 0.286. The van der Waals surface area contributed by atoms with Gasteiger partial charge >= 0.3 is 5.97 Å². The van der Waals surface area contributed by atoms with Crippen LogP contribution in [-0.2, 0) is 11.2 Å². The van der Waals surface area contributed by atoms with Crippen molar-refractivity contribution in [1.82, 2.24) is 14.8 Å². The van der Waals surface area contributed by atoms with Crippen molar-refractivity contribution in [1.29, 1.82) is 0 Å². The van der Waals surface area contributed by atoms with Gasteiger partial charge in [0.2, 0.25) is 0 Å². The van der Waals surface area contributed by atoms with Crippen LogP contribution >= 0.6 is 11.3 Å². The second kappa shape index (κ2) is 8.41. The number of aryl methyl sites for hydroxylation is 2. The van der Waals surface area contributed by atoms with E-state index in [0.717, 1.165) is 51.9 Å². The number of rotatable bonds is 4. The van der Waals surface area contributed by atoms with Gasteiger partial charge in [0.15, 0.2) is 5.82 Å². The zero-order valence-corrected chi connectivity index (χ0v) is 21.5. The summed E-state index contributed by atoms with van der Waals surface area (Å²) in [5.41, 5.74) is 7.71. The molecular formula is C28H27N5O2S. The molecule has 8 heteroatoms. The molecule has 6 rings (SSSR count). The van der Waals surface area contributed by atoms with Gasteiger partial charge in [-0.1, -0.05) is 30.3 Å². The predicted octanol–water partition coefficient (Wildman–Crippen LogP) is 5.56. The molecule has 0 bridgehead atoms. The number of hydrogen-bond acceptors (Lipinski definition) is 6. The van der Waals surface area contributed by atoms with Crippen LogP contribution in [0.5, 0.6) is 0 Å². The Hall–Kier alpha value is -3.78. The third-order valence-corrected chi connectivity index (χ3v) is 8.58. The van der Waals surface area contributed by atoms with E-state index in [2.05, 4.69) is 77.5 Å². The number of carboxylic acids is 1. The lowest BCUT2D eigenvalue weighted by Crippen LogP contribution is -2.21. The van der Waals surface area contributed by atoms with Crippen LogP contribution in [0.15, 0.2) is 53.5 Å². The molecule has 0 fully saturated rings. The molecule has 2 aromatic carbocycles. The lowest BCUT2D eigenvalue weighted by molar-refractivity contribution is -0.141. The first-order chi connectivity index (χ1) is 17.3. The van der Waals surface area contributed by atoms with Crippen molar-refractivity contribution in [2.24, 2.45) is 10.9 Å². The smallest absolute Gasteiger partial charge is 0.308 e. The summed E-state index contributed by atoms with van der Waals surface area (Å²) in [5.74, 6) is -0.352. The standard InChI is InChI=1S/C28H27N5O2S/c1-15-17(3)36-27-23(15)25(29-24(16(2)28(34)35)26-31-30-18(4)33(26)27)20-9-11-21(12-10-20)32-14-13-19-7-5-6-8-22(19)32/h5-12,16,24H,13-14H2,1-4H3,(H,34,35)/t16?,24-/m0/s1. The number of aliphatic imine (C=N–C) groups is 1. The highest BCUT2D eigenvalue weighted by Gasteiger charge is 2.36. The topological polar surface area (TPSA) is 83.6 Å². The maximum atomic E-state index is 12.1. The third-order valence-electron chi connectivity index (χ3n) is 7.39. The van der Waals surface area contributed by atoms with Crippen molar-refractivity contribution < 1.29 is 9.90 Å². The van der Waals surface area contributed by atoms with Gasteiger partial charge < -0.3 is 10.0 Å². The first-order valence-electron chi connectivity index (χ1n) is 12.1. The first kappa shape index (κ1) is 22.7. The molecule has 7 nitrogen and oxygen atoms in total. The number of aliphatic carboxylic acids is 1. The molecule has 0 spiro atoms. The zero-order valence-electron chi connectivity index (χ0n) is 20.7. The zero-order chi connectivity index (χ0) is 25.1. The molecule has 4 heterocycles. The Morgan fingerprint density at radius 1 is 1.08 bits per heavy atom. The molecule has 0 amide bonds. The van der Waals surface area contributed by atoms with E-state index in [1.807, 2.05) is 11.5 Å². The maximum absolute atomic E-state index is 12.1. The number of thiophene rings is 1. The lowest BCUT2D eigenvalue weighted by atomic mass is 9.98. The largest absolute Gasteiger partial charge is 0.481 e. The Morgan fingerprint density at radius 2 is 1.83 bits per heavy atom. The summed E-state index contributed by atoms with van der Waals surface area (Å²) in [6, 6.07) is 16.4. The Bertz CT molecular complexity index is 1530. The van der Waals surface area contributed by atoms with Crippen LogP contribution in [-0.4, -0.2) is 38.1 Å². The second-order valence-electron chi connectivity index (χ2n) is 9.53. The minimum atomic E-state index is -0.906. The second-order valence-corrected chi connectivity index (χ2v) is 10.7. The Kier molecular flexibility index (Phi) is 5.30. The van der Waals surface area contributed by atoms with Crippen molar-refractivity contribution >= 4 is 34.4 Å². The van der Waals surface area contributed by atoms with Crippen LogP contribution in [0.3, 0.4) is 0 Å². The van der Waals surface area contributed by atoms with Crippen molar-refractivity contribution in [3.05, 3.63) is 87.3 Å². The van der Waals surface area contributed by atoms with Gasteiger partial charge in [-0.05, 0) is 63.4 Å². The number of hydrogen-bond donors (Lipinski definition) is 1. The van der Waals surface area contributed by atoms with Gasteiger partial charge in [-0.2, -0.15) is 0 Å². The lowest BCUT2D eigenvalue weighted by Gasteiger charge is -2.20. The van der Waals surface area contributed by atoms with Gasteiger partial charge in [0.05, 0.1) is 11.6 Å². The summed E-state index contributed by atoms with van der Waals surface area (Å²) in [7, 11) is 0. The molecule has 2 aromatic heterocycles. The van der Waals surface area contributed by atoms with Crippen molar-refractivity contribution in [3.63, 3.8) is 0 Å². The third kappa shape index (κ3) is 3.39. The monoisotopic (exact) mass is 497 g/mol. The summed E-state index contributed by atoms with van der Waals surface area (Å²) in [4.78, 5) is 20.7. The number of fused-ring (bicyclic) bond motifs is 4. The fourth-order valence-corrected chi connectivity index (χ4v) is 6.44. The van der Waals surface area contributed by atoms with Gasteiger partial charge in [-0.15, -0.1) is 21.5 Å². The molecule has 0 radical (unpaired) electrons. The van der Waals surface area contributed by atoms with E-state index >= 15 is 0 Å². The van der Waals surface area contributed by atoms with Crippen molar-refractivity contribution in [2.45, 2.75) is 40.2 Å². The quantitative estimate of drug-likeness (QED) is 0.399. The molecule has 0 saturated heterocycles. The van der Waals surface area contributed by atoms with E-state index in [0.29, 0.717) is 5.82 Å². The Morgan fingerprint density at radius 3 is 2.58 bits per heavy atom. The van der Waals surface area contributed by atoms with E-state index in [9.17, 15) is 9.90 Å². The van der Waals surface area contributed by atoms with E-state index < -0.39 is 17.9 Å². The predicted molar refractivity (Wildman–Crippen MR) is 142 cm³/mol. The summed E-state index contributed by atoms with van der Waals surface area (Å²) < 4.78 is 2.00. The molecule has 2 aliphatic heterocycles. The van der Waals surface area contributed by atoms with Crippen molar-refractivity contribution in [3.8, 4) is 5.00 Å². The van der Waals surface area contributed by atoms with Crippen LogP contribution in [0.2, 0.25) is 0 Å². The highest BCUT2D eigenvalue weighted by Crippen LogP contribution is 2.41. The number of carboxylic acid groups (broad SMARTS) is 1. The number of benzene rings is 2. The summed E-state index contributed by atoms with van der Waals surface area (Å²) in [6.07, 6.45) is 1.04. The van der Waals surface area contributed by atoms with E-state index in [-0.39, 0.29) is 0 Å². The molecular weight excluding hydrogens is 470 g/mol. The van der Waals surface area contributed by atoms with Gasteiger partial charge in [0.25, 0.3) is 0 Å². The van der Waals surface area contributed by atoms with Crippen LogP contribution < -0.4 is 4.90 Å². The van der Waals surface area contributed by atoms with Crippen LogP contribution in [0.1, 0.15) is 51.7 Å². The molecule has 2 aliphatic rings. The average molecular weight is 498 g/mol. The summed E-state index contributed by atoms with van der Waals surface area (Å²) in [6.45, 7) is 8.76. The minimum absolute atomic E-state index is 0.574. The Labute approximate surface area is 213 Å². The number of nitrogens with zero attached hydrogens (tertiary/aromatic N) is 5. The van der Waals surface area contributed by atoms with Crippen LogP contribution in [0.4, 0.5) is 11.4 Å². The molecule has 182 valence electrons. The molecule has 1 N–H and O–H groups in total. The van der Waals surface area contributed by atoms with Gasteiger partial charge in [0, 0.05) is 33.9 Å². The van der Waals surface area contributed by atoms with Gasteiger partial charge in [-0.3, -0.25) is 14.4 Å². The van der Waals surface area contributed by atoms with Gasteiger partial charge in [0.1, 0.15) is 16.9 Å². The maximum Gasteiger partial charge on any atom is 0.308 e. The molecule has 1 unspecified atom stereocenters. The number of para-hydroxylation sites is 1. The fourth-order valence-electron chi connectivity index (χ4n) is 5.22. The normalized spacial score (nSPS) is 17.2. The van der Waals surface area contributed by atoms with Crippen molar-refractivity contribution in [2.75, 3.05) is 11.4 Å². The molecule has 0 saturated carbocycles. The minimum Gasteiger partial charge on any atom is -0.481 e. The number of carbonyl (C=O) groups is 1. The highest BCUT2D eigenvalue weighted by molar-refractivity contribution is 7.15. The molecule has 4 aromatic rings. The SMILES string of the molecule is Cc1sc2c(c1C)C(c1ccc(N3CCc4ccccc43)cc1)=N[C@@H](C(C)C(=O)O)c1nnc(C)n1-2. The van der Waals surface area contributed by atoms with E-state index in [1.165, 1.54) is 16.1 Å². The molecule has 2 atom stereocenters. The number of aromatic nitrogens is 3. The van der Waals surface area contributed by atoms with Gasteiger partial charge in [-0.25, -0.2) is 0 Å². The summed E-state index contributed by atoms with van der Waals surface area (Å²) >= 11 is 1.67. The number of anilines is 2.